The number of carbonyl (C=O) groups excluding carboxylic acids is 1. The summed E-state index contributed by atoms with van der Waals surface area (Å²) in [5, 5.41) is 3.52. The van der Waals surface area contributed by atoms with Crippen LogP contribution in [0.5, 0.6) is 5.75 Å². The molecule has 0 bridgehead atoms. The number of nitrogens with zero attached hydrogens (tertiary/aromatic N) is 1. The number of rotatable bonds is 9. The van der Waals surface area contributed by atoms with E-state index in [1.54, 1.807) is 36.4 Å². The van der Waals surface area contributed by atoms with Crippen LogP contribution in [0.2, 0.25) is 10.0 Å². The van der Waals surface area contributed by atoms with Gasteiger partial charge in [0, 0.05) is 25.2 Å². The molecule has 10 heteroatoms. The maximum Gasteiger partial charge on any atom is 0.322 e. The van der Waals surface area contributed by atoms with Crippen molar-refractivity contribution in [3.63, 3.8) is 0 Å². The average Bonchev–Trinajstić information content (AvgIpc) is 2.67. The number of hydrogen-bond donors (Lipinski definition) is 1. The zero-order valence-electron chi connectivity index (χ0n) is 16.0. The third-order valence-electron chi connectivity index (χ3n) is 3.87. The molecule has 0 unspecified atom stereocenters. The first-order valence-electron chi connectivity index (χ1n) is 8.75. The largest absolute Gasteiger partial charge is 0.383 e. The topological polar surface area (TPSA) is 84.9 Å². The SMILES string of the molecule is CCS(=O)(=O)Oc1cccc(CN(CCOC)C(=O)Nc2ccc(Cl)cc2Cl)c1. The van der Waals surface area contributed by atoms with E-state index >= 15 is 0 Å². The van der Waals surface area contributed by atoms with Gasteiger partial charge in [0.1, 0.15) is 5.75 Å². The van der Waals surface area contributed by atoms with Crippen LogP contribution >= 0.6 is 23.2 Å². The molecule has 2 amide bonds. The Morgan fingerprint density at radius 2 is 1.93 bits per heavy atom. The number of methoxy groups -OCH3 is 1. The molecule has 0 spiro atoms. The van der Waals surface area contributed by atoms with Gasteiger partial charge in [0.05, 0.1) is 23.1 Å². The molecule has 0 saturated heterocycles. The van der Waals surface area contributed by atoms with E-state index in [1.807, 2.05) is 0 Å². The first-order valence-corrected chi connectivity index (χ1v) is 11.1. The monoisotopic (exact) mass is 460 g/mol. The van der Waals surface area contributed by atoms with Crippen LogP contribution in [0.1, 0.15) is 12.5 Å². The highest BCUT2D eigenvalue weighted by atomic mass is 35.5. The third kappa shape index (κ3) is 7.40. The van der Waals surface area contributed by atoms with Gasteiger partial charge in [-0.2, -0.15) is 8.42 Å². The minimum Gasteiger partial charge on any atom is -0.383 e. The van der Waals surface area contributed by atoms with Crippen molar-refractivity contribution >= 4 is 45.0 Å². The third-order valence-corrected chi connectivity index (χ3v) is 5.58. The van der Waals surface area contributed by atoms with Crippen molar-refractivity contribution in [1.82, 2.24) is 4.90 Å². The number of hydrogen-bond acceptors (Lipinski definition) is 5. The molecule has 2 rings (SSSR count). The van der Waals surface area contributed by atoms with Gasteiger partial charge in [0.2, 0.25) is 0 Å². The predicted molar refractivity (Wildman–Crippen MR) is 114 cm³/mol. The van der Waals surface area contributed by atoms with Crippen molar-refractivity contribution in [1.29, 1.82) is 0 Å². The standard InChI is InChI=1S/C19H22Cl2N2O5S/c1-3-29(25,26)28-16-6-4-5-14(11-16)13-23(9-10-27-2)19(24)22-18-8-7-15(20)12-17(18)21/h4-8,11-12H,3,9-10,13H2,1-2H3,(H,22,24). The lowest BCUT2D eigenvalue weighted by Crippen LogP contribution is -2.36. The summed E-state index contributed by atoms with van der Waals surface area (Å²) in [5.41, 5.74) is 1.12. The van der Waals surface area contributed by atoms with Gasteiger partial charge < -0.3 is 19.1 Å². The van der Waals surface area contributed by atoms with Crippen molar-refractivity contribution in [2.24, 2.45) is 0 Å². The molecule has 2 aromatic rings. The number of halogens is 2. The Bertz CT molecular complexity index is 953. The number of amides is 2. The fourth-order valence-electron chi connectivity index (χ4n) is 2.36. The number of anilines is 1. The van der Waals surface area contributed by atoms with Gasteiger partial charge in [0.25, 0.3) is 0 Å². The minimum atomic E-state index is -3.64. The van der Waals surface area contributed by atoms with Gasteiger partial charge in [-0.15, -0.1) is 0 Å². The van der Waals surface area contributed by atoms with E-state index in [-0.39, 0.29) is 18.0 Å². The first kappa shape index (κ1) is 23.3. The average molecular weight is 461 g/mol. The molecule has 0 fully saturated rings. The highest BCUT2D eigenvalue weighted by Gasteiger charge is 2.17. The molecule has 29 heavy (non-hydrogen) atoms. The van der Waals surface area contributed by atoms with Crippen LogP contribution in [0.3, 0.4) is 0 Å². The Morgan fingerprint density at radius 3 is 2.59 bits per heavy atom. The van der Waals surface area contributed by atoms with Crippen molar-refractivity contribution in [2.75, 3.05) is 31.3 Å². The fraction of sp³-hybridized carbons (Fsp3) is 0.316. The molecule has 0 aliphatic rings. The van der Waals surface area contributed by atoms with Crippen LogP contribution in [0, 0.1) is 0 Å². The summed E-state index contributed by atoms with van der Waals surface area (Å²) in [5.74, 6) is 0.0544. The van der Waals surface area contributed by atoms with Crippen LogP contribution in [-0.2, 0) is 21.4 Å². The maximum atomic E-state index is 12.8. The molecule has 0 aliphatic heterocycles. The Hall–Kier alpha value is -2.00. The van der Waals surface area contributed by atoms with E-state index in [1.165, 1.54) is 25.0 Å². The molecule has 0 aromatic heterocycles. The molecule has 0 atom stereocenters. The summed E-state index contributed by atoms with van der Waals surface area (Å²) < 4.78 is 33.5. The lowest BCUT2D eigenvalue weighted by atomic mass is 10.2. The summed E-state index contributed by atoms with van der Waals surface area (Å²) in [6, 6.07) is 10.9. The lowest BCUT2D eigenvalue weighted by molar-refractivity contribution is 0.153. The summed E-state index contributed by atoms with van der Waals surface area (Å²) >= 11 is 12.0. The van der Waals surface area contributed by atoms with Gasteiger partial charge in [-0.1, -0.05) is 35.3 Å². The van der Waals surface area contributed by atoms with Crippen molar-refractivity contribution in [2.45, 2.75) is 13.5 Å². The number of benzene rings is 2. The molecule has 1 N–H and O–H groups in total. The number of urea groups is 1. The first-order chi connectivity index (χ1) is 13.7. The van der Waals surface area contributed by atoms with Gasteiger partial charge in [-0.25, -0.2) is 4.79 Å². The predicted octanol–water partition coefficient (Wildman–Crippen LogP) is 4.40. The minimum absolute atomic E-state index is 0.137. The van der Waals surface area contributed by atoms with E-state index in [2.05, 4.69) is 5.32 Å². The molecule has 0 aliphatic carbocycles. The molecule has 0 saturated carbocycles. The molecule has 0 radical (unpaired) electrons. The zero-order chi connectivity index (χ0) is 21.4. The molecule has 2 aromatic carbocycles. The second-order valence-electron chi connectivity index (χ2n) is 6.05. The summed E-state index contributed by atoms with van der Waals surface area (Å²) in [6.07, 6.45) is 0. The van der Waals surface area contributed by atoms with Crippen LogP contribution in [0.15, 0.2) is 42.5 Å². The van der Waals surface area contributed by atoms with Crippen LogP contribution in [0.25, 0.3) is 0 Å². The van der Waals surface area contributed by atoms with Crippen molar-refractivity contribution < 1.29 is 22.1 Å². The Labute approximate surface area is 180 Å². The quantitative estimate of drug-likeness (QED) is 0.560. The second kappa shape index (κ2) is 10.7. The molecule has 0 heterocycles. The fourth-order valence-corrected chi connectivity index (χ4v) is 3.33. The highest BCUT2D eigenvalue weighted by Crippen LogP contribution is 2.26. The Balaban J connectivity index is 2.16. The molecular formula is C19H22Cl2N2O5S. The van der Waals surface area contributed by atoms with Crippen LogP contribution in [0.4, 0.5) is 10.5 Å². The highest BCUT2D eigenvalue weighted by molar-refractivity contribution is 7.87. The van der Waals surface area contributed by atoms with E-state index in [0.717, 1.165) is 0 Å². The van der Waals surface area contributed by atoms with Gasteiger partial charge in [0.15, 0.2) is 0 Å². The summed E-state index contributed by atoms with van der Waals surface area (Å²) in [7, 11) is -2.10. The van der Waals surface area contributed by atoms with E-state index in [0.29, 0.717) is 34.4 Å². The van der Waals surface area contributed by atoms with E-state index in [4.69, 9.17) is 32.1 Å². The van der Waals surface area contributed by atoms with E-state index < -0.39 is 16.1 Å². The van der Waals surface area contributed by atoms with Crippen molar-refractivity contribution in [3.05, 3.63) is 58.1 Å². The van der Waals surface area contributed by atoms with Crippen LogP contribution in [-0.4, -0.2) is 45.4 Å². The maximum absolute atomic E-state index is 12.8. The smallest absolute Gasteiger partial charge is 0.322 e. The Morgan fingerprint density at radius 1 is 1.17 bits per heavy atom. The van der Waals surface area contributed by atoms with Crippen molar-refractivity contribution in [3.8, 4) is 5.75 Å². The number of nitrogens with one attached hydrogen (secondary N) is 1. The number of carbonyl (C=O) groups is 1. The lowest BCUT2D eigenvalue weighted by Gasteiger charge is -2.23. The molecule has 158 valence electrons. The van der Waals surface area contributed by atoms with Crippen LogP contribution < -0.4 is 9.50 Å². The van der Waals surface area contributed by atoms with Gasteiger partial charge >= 0.3 is 16.1 Å². The zero-order valence-corrected chi connectivity index (χ0v) is 18.4. The number of ether oxygens (including phenoxy) is 1. The van der Waals surface area contributed by atoms with E-state index in [9.17, 15) is 13.2 Å². The normalized spacial score (nSPS) is 11.2. The molecule has 7 nitrogen and oxygen atoms in total. The molecular weight excluding hydrogens is 439 g/mol. The summed E-state index contributed by atoms with van der Waals surface area (Å²) in [6.45, 7) is 2.34. The second-order valence-corrected chi connectivity index (χ2v) is 8.75. The Kier molecular flexibility index (Phi) is 8.58. The van der Waals surface area contributed by atoms with Gasteiger partial charge in [-0.05, 0) is 42.8 Å². The summed E-state index contributed by atoms with van der Waals surface area (Å²) in [4.78, 5) is 14.3. The van der Waals surface area contributed by atoms with Gasteiger partial charge in [-0.3, -0.25) is 0 Å².